The summed E-state index contributed by atoms with van der Waals surface area (Å²) in [4.78, 5) is 22.4. The molecule has 4 saturated carbocycles. The molecule has 0 spiro atoms. The molecule has 0 aliphatic heterocycles. The van der Waals surface area contributed by atoms with Crippen molar-refractivity contribution in [2.75, 3.05) is 0 Å². The van der Waals surface area contributed by atoms with Gasteiger partial charge in [0.1, 0.15) is 0 Å². The van der Waals surface area contributed by atoms with Crippen LogP contribution in [0.5, 0.6) is 0 Å². The Morgan fingerprint density at radius 3 is 1.46 bits per heavy atom. The van der Waals surface area contributed by atoms with Crippen LogP contribution in [-0.2, 0) is 10.8 Å². The number of rotatable bonds is 5. The van der Waals surface area contributed by atoms with E-state index in [2.05, 4.69) is 94.4 Å². The number of hydrogen-bond donors (Lipinski definition) is 2. The average molecular weight is 741 g/mol. The smallest absolute Gasteiger partial charge is 0.335 e. The van der Waals surface area contributed by atoms with Crippen molar-refractivity contribution in [2.45, 2.75) is 89.4 Å². The second-order valence-electron chi connectivity index (χ2n) is 18.8. The van der Waals surface area contributed by atoms with E-state index >= 15 is 0 Å². The molecular formula is C52H52O4. The summed E-state index contributed by atoms with van der Waals surface area (Å²) in [6.07, 6.45) is 9.71. The first-order valence-corrected chi connectivity index (χ1v) is 20.6. The van der Waals surface area contributed by atoms with Crippen LogP contribution in [0.3, 0.4) is 0 Å². The maximum absolute atomic E-state index is 11.2. The zero-order valence-corrected chi connectivity index (χ0v) is 33.0. The molecule has 11 rings (SSSR count). The normalized spacial score (nSPS) is 24.0. The number of fused-ring (bicyclic) bond motifs is 3. The summed E-state index contributed by atoms with van der Waals surface area (Å²) in [6.45, 7) is 9.38. The lowest BCUT2D eigenvalue weighted by molar-refractivity contribution is -0.00276. The van der Waals surface area contributed by atoms with Gasteiger partial charge in [0.15, 0.2) is 0 Å². The topological polar surface area (TPSA) is 74.6 Å². The van der Waals surface area contributed by atoms with Crippen LogP contribution < -0.4 is 0 Å². The molecule has 2 N–H and O–H groups in total. The third-order valence-corrected chi connectivity index (χ3v) is 14.2. The predicted octanol–water partition coefficient (Wildman–Crippen LogP) is 13.3. The molecular weight excluding hydrogens is 689 g/mol. The summed E-state index contributed by atoms with van der Waals surface area (Å²) in [5.41, 5.74) is 10.4. The summed E-state index contributed by atoms with van der Waals surface area (Å²) in [5.74, 6) is 2.79. The minimum Gasteiger partial charge on any atom is -0.478 e. The molecule has 5 aliphatic carbocycles. The minimum absolute atomic E-state index is 0.189. The Morgan fingerprint density at radius 2 is 0.929 bits per heavy atom. The Morgan fingerprint density at radius 1 is 0.482 bits per heavy atom. The molecule has 0 amide bonds. The van der Waals surface area contributed by atoms with Crippen LogP contribution in [0.2, 0.25) is 0 Å². The number of benzene rings is 6. The molecule has 0 radical (unpaired) electrons. The monoisotopic (exact) mass is 740 g/mol. The van der Waals surface area contributed by atoms with Crippen LogP contribution in [-0.4, -0.2) is 22.2 Å². The second-order valence-corrected chi connectivity index (χ2v) is 18.8. The average Bonchev–Trinajstić information content (AvgIpc) is 3.18. The van der Waals surface area contributed by atoms with Gasteiger partial charge in [0, 0.05) is 0 Å². The van der Waals surface area contributed by atoms with Crippen LogP contribution in [0.1, 0.15) is 116 Å². The van der Waals surface area contributed by atoms with Crippen LogP contribution in [0, 0.1) is 23.7 Å². The quantitative estimate of drug-likeness (QED) is 0.185. The van der Waals surface area contributed by atoms with E-state index in [4.69, 9.17) is 0 Å². The van der Waals surface area contributed by atoms with Gasteiger partial charge in [0.25, 0.3) is 0 Å². The molecule has 6 aromatic carbocycles. The van der Waals surface area contributed by atoms with Gasteiger partial charge in [-0.3, -0.25) is 0 Å². The summed E-state index contributed by atoms with van der Waals surface area (Å²) >= 11 is 0. The van der Waals surface area contributed by atoms with Crippen molar-refractivity contribution < 1.29 is 19.8 Å². The molecule has 4 nitrogen and oxygen atoms in total. The third-order valence-electron chi connectivity index (χ3n) is 14.2. The van der Waals surface area contributed by atoms with Gasteiger partial charge in [-0.2, -0.15) is 0 Å². The fraction of sp³-hybridized carbons (Fsp3) is 0.346. The SMILES string of the molecule is CC1(C)CCC(C)(C)c2cc(-c3ccc4cc(C(=O)O)ccc4c3)ccc21.O=C(O)c1ccc2cc(-c3cccc(C4C5CC6CC(C5)CC4C6)c3)ccc2c1. The first-order valence-electron chi connectivity index (χ1n) is 20.6. The first kappa shape index (κ1) is 36.4. The molecule has 6 aromatic rings. The number of aromatic carboxylic acids is 2. The Bertz CT molecular complexity index is 2490. The highest BCUT2D eigenvalue weighted by molar-refractivity contribution is 5.97. The molecule has 0 saturated heterocycles. The van der Waals surface area contributed by atoms with E-state index in [0.717, 1.165) is 51.1 Å². The summed E-state index contributed by atoms with van der Waals surface area (Å²) in [7, 11) is 0. The summed E-state index contributed by atoms with van der Waals surface area (Å²) in [5, 5.41) is 22.5. The predicted molar refractivity (Wildman–Crippen MR) is 228 cm³/mol. The zero-order chi connectivity index (χ0) is 38.9. The Labute approximate surface area is 330 Å². The molecule has 0 heterocycles. The van der Waals surface area contributed by atoms with Gasteiger partial charge in [0.2, 0.25) is 0 Å². The summed E-state index contributed by atoms with van der Waals surface area (Å²) in [6, 6.07) is 39.5. The van der Waals surface area contributed by atoms with Gasteiger partial charge in [-0.15, -0.1) is 0 Å². The van der Waals surface area contributed by atoms with Gasteiger partial charge in [-0.05, 0) is 182 Å². The van der Waals surface area contributed by atoms with E-state index in [0.29, 0.717) is 11.1 Å². The molecule has 0 unspecified atom stereocenters. The number of hydrogen-bond acceptors (Lipinski definition) is 2. The molecule has 4 bridgehead atoms. The van der Waals surface area contributed by atoms with E-state index in [1.165, 1.54) is 83.9 Å². The van der Waals surface area contributed by atoms with Crippen LogP contribution in [0.4, 0.5) is 0 Å². The van der Waals surface area contributed by atoms with Crippen molar-refractivity contribution >= 4 is 33.5 Å². The lowest BCUT2D eigenvalue weighted by Crippen LogP contribution is -2.43. The van der Waals surface area contributed by atoms with E-state index in [1.54, 1.807) is 24.3 Å². The highest BCUT2D eigenvalue weighted by Gasteiger charge is 2.48. The van der Waals surface area contributed by atoms with Crippen molar-refractivity contribution in [1.29, 1.82) is 0 Å². The van der Waals surface area contributed by atoms with Gasteiger partial charge in [-0.25, -0.2) is 9.59 Å². The fourth-order valence-electron chi connectivity index (χ4n) is 11.3. The lowest BCUT2D eigenvalue weighted by atomic mass is 9.50. The van der Waals surface area contributed by atoms with E-state index < -0.39 is 11.9 Å². The number of carboxylic acids is 2. The first-order chi connectivity index (χ1) is 26.8. The van der Waals surface area contributed by atoms with Gasteiger partial charge in [0.05, 0.1) is 11.1 Å². The highest BCUT2D eigenvalue weighted by atomic mass is 16.4. The van der Waals surface area contributed by atoms with E-state index in [9.17, 15) is 19.8 Å². The Balaban J connectivity index is 0.000000147. The third kappa shape index (κ3) is 6.71. The highest BCUT2D eigenvalue weighted by Crippen LogP contribution is 2.60. The van der Waals surface area contributed by atoms with Crippen LogP contribution >= 0.6 is 0 Å². The van der Waals surface area contributed by atoms with Crippen molar-refractivity contribution in [3.05, 3.63) is 143 Å². The van der Waals surface area contributed by atoms with Gasteiger partial charge < -0.3 is 10.2 Å². The molecule has 4 fully saturated rings. The number of carboxylic acid groups (broad SMARTS) is 2. The second kappa shape index (κ2) is 13.8. The van der Waals surface area contributed by atoms with Gasteiger partial charge in [-0.1, -0.05) is 107 Å². The maximum atomic E-state index is 11.2. The molecule has 284 valence electrons. The van der Waals surface area contributed by atoms with Crippen LogP contribution in [0.25, 0.3) is 43.8 Å². The lowest BCUT2D eigenvalue weighted by Gasteiger charge is -2.54. The van der Waals surface area contributed by atoms with E-state index in [-0.39, 0.29) is 10.8 Å². The molecule has 4 heteroatoms. The van der Waals surface area contributed by atoms with Crippen molar-refractivity contribution in [3.63, 3.8) is 0 Å². The standard InChI is InChI=1S/C27H26O2.C25H26O2/c28-27(29)23-7-6-20-13-19(4-5-21(20)15-23)18-2-1-3-22(14-18)26-24-9-16-8-17(11-24)12-25(26)10-16;1-24(2)11-12-25(3,4)22-15-19(9-10-21(22)24)17-5-6-18-14-20(23(26)27)8-7-16(18)13-17/h1-7,13-17,24-26H,8-12H2,(H,28,29);5-10,13-15H,11-12H2,1-4H3,(H,26,27). The van der Waals surface area contributed by atoms with Crippen LogP contribution in [0.15, 0.2) is 115 Å². The largest absolute Gasteiger partial charge is 0.478 e. The molecule has 5 aliphatic rings. The summed E-state index contributed by atoms with van der Waals surface area (Å²) < 4.78 is 0. The van der Waals surface area contributed by atoms with Crippen molar-refractivity contribution in [3.8, 4) is 22.3 Å². The number of carbonyl (C=O) groups is 2. The molecule has 0 aromatic heterocycles. The maximum Gasteiger partial charge on any atom is 0.335 e. The molecule has 0 atom stereocenters. The minimum atomic E-state index is -0.888. The Hall–Kier alpha value is -5.22. The van der Waals surface area contributed by atoms with Crippen molar-refractivity contribution in [1.82, 2.24) is 0 Å². The van der Waals surface area contributed by atoms with E-state index in [1.807, 2.05) is 24.3 Å². The van der Waals surface area contributed by atoms with Gasteiger partial charge >= 0.3 is 11.9 Å². The fourth-order valence-corrected chi connectivity index (χ4v) is 11.3. The molecule has 56 heavy (non-hydrogen) atoms. The van der Waals surface area contributed by atoms with Crippen molar-refractivity contribution in [2.24, 2.45) is 23.7 Å². The zero-order valence-electron chi connectivity index (χ0n) is 33.0. The Kier molecular flexibility index (Phi) is 8.95.